The molecule has 1 heterocycles. The van der Waals surface area contributed by atoms with Gasteiger partial charge in [-0.05, 0) is 131 Å². The molecule has 0 aliphatic rings. The predicted molar refractivity (Wildman–Crippen MR) is 263 cm³/mol. The van der Waals surface area contributed by atoms with Gasteiger partial charge in [0.25, 0.3) is 0 Å². The smallest absolute Gasteiger partial charge is 0.136 e. The molecule has 0 amide bonds. The Morgan fingerprint density at radius 1 is 0.258 bits per heavy atom. The Hall–Kier alpha value is -8.20. The van der Waals surface area contributed by atoms with Crippen LogP contribution in [0.25, 0.3) is 98.8 Å². The highest BCUT2D eigenvalue weighted by Crippen LogP contribution is 2.42. The van der Waals surface area contributed by atoms with E-state index in [0.717, 1.165) is 50.1 Å². The molecule has 290 valence electrons. The molecular formula is C60H39NO. The third-order valence-electron chi connectivity index (χ3n) is 12.5. The molecule has 0 spiro atoms. The zero-order chi connectivity index (χ0) is 41.0. The van der Waals surface area contributed by atoms with E-state index in [1.807, 2.05) is 12.1 Å². The lowest BCUT2D eigenvalue weighted by molar-refractivity contribution is 0.669. The summed E-state index contributed by atoms with van der Waals surface area (Å²) in [5.74, 6) is 0. The van der Waals surface area contributed by atoms with Crippen LogP contribution in [-0.2, 0) is 0 Å². The maximum atomic E-state index is 6.27. The lowest BCUT2D eigenvalue weighted by Gasteiger charge is -2.26. The van der Waals surface area contributed by atoms with Crippen LogP contribution in [0.1, 0.15) is 0 Å². The second-order valence-electron chi connectivity index (χ2n) is 16.1. The Bertz CT molecular complexity index is 3610. The van der Waals surface area contributed by atoms with Crippen molar-refractivity contribution in [2.24, 2.45) is 0 Å². The van der Waals surface area contributed by atoms with Crippen molar-refractivity contribution < 1.29 is 4.42 Å². The average Bonchev–Trinajstić information content (AvgIpc) is 3.74. The van der Waals surface area contributed by atoms with Crippen LogP contribution >= 0.6 is 0 Å². The number of para-hydroxylation sites is 1. The van der Waals surface area contributed by atoms with Gasteiger partial charge in [0.2, 0.25) is 0 Å². The van der Waals surface area contributed by atoms with Crippen LogP contribution in [0, 0.1) is 0 Å². The summed E-state index contributed by atoms with van der Waals surface area (Å²) in [7, 11) is 0. The minimum Gasteiger partial charge on any atom is -0.456 e. The summed E-state index contributed by atoms with van der Waals surface area (Å²) in [6.45, 7) is 0. The normalized spacial score (nSPS) is 11.5. The summed E-state index contributed by atoms with van der Waals surface area (Å²) in [6.07, 6.45) is 0. The van der Waals surface area contributed by atoms with Crippen molar-refractivity contribution in [2.75, 3.05) is 4.90 Å². The molecule has 12 aromatic rings. The van der Waals surface area contributed by atoms with E-state index >= 15 is 0 Å². The number of nitrogens with zero attached hydrogens (tertiary/aromatic N) is 1. The molecule has 1 aromatic heterocycles. The average molecular weight is 790 g/mol. The van der Waals surface area contributed by atoms with Crippen LogP contribution in [0.5, 0.6) is 0 Å². The summed E-state index contributed by atoms with van der Waals surface area (Å²) in [4.78, 5) is 2.37. The SMILES string of the molecule is c1cc(-c2cc3ccccc3c3ccccc23)cc(N(c2ccc(-c3ccc(-c4cccc5ccccc45)cc3)cc2)c2ccc(-c3cccc4oc5ccccc5c34)cc2)c1. The molecule has 2 heteroatoms. The van der Waals surface area contributed by atoms with Gasteiger partial charge in [0.15, 0.2) is 0 Å². The molecule has 0 unspecified atom stereocenters. The molecule has 0 N–H and O–H groups in total. The van der Waals surface area contributed by atoms with Gasteiger partial charge in [-0.2, -0.15) is 0 Å². The number of benzene rings is 11. The van der Waals surface area contributed by atoms with Gasteiger partial charge in [-0.15, -0.1) is 0 Å². The summed E-state index contributed by atoms with van der Waals surface area (Å²) >= 11 is 0. The Morgan fingerprint density at radius 2 is 0.774 bits per heavy atom. The van der Waals surface area contributed by atoms with Gasteiger partial charge in [-0.3, -0.25) is 0 Å². The topological polar surface area (TPSA) is 16.4 Å². The molecule has 0 aliphatic carbocycles. The molecule has 0 aliphatic heterocycles. The van der Waals surface area contributed by atoms with Gasteiger partial charge < -0.3 is 9.32 Å². The van der Waals surface area contributed by atoms with E-state index in [4.69, 9.17) is 4.42 Å². The van der Waals surface area contributed by atoms with Crippen molar-refractivity contribution in [2.45, 2.75) is 0 Å². The van der Waals surface area contributed by atoms with Crippen LogP contribution in [0.15, 0.2) is 241 Å². The first-order valence-corrected chi connectivity index (χ1v) is 21.2. The molecule has 0 bridgehead atoms. The maximum Gasteiger partial charge on any atom is 0.136 e. The quantitative estimate of drug-likeness (QED) is 0.150. The lowest BCUT2D eigenvalue weighted by atomic mass is 9.93. The van der Waals surface area contributed by atoms with Crippen LogP contribution < -0.4 is 4.90 Å². The van der Waals surface area contributed by atoms with Crippen molar-refractivity contribution >= 4 is 71.3 Å². The summed E-state index contributed by atoms with van der Waals surface area (Å²) < 4.78 is 6.27. The van der Waals surface area contributed by atoms with Gasteiger partial charge in [-0.25, -0.2) is 0 Å². The fourth-order valence-electron chi connectivity index (χ4n) is 9.48. The zero-order valence-electron chi connectivity index (χ0n) is 33.9. The molecular weight excluding hydrogens is 751 g/mol. The van der Waals surface area contributed by atoms with Crippen molar-refractivity contribution in [3.05, 3.63) is 237 Å². The van der Waals surface area contributed by atoms with Crippen LogP contribution in [0.4, 0.5) is 17.1 Å². The van der Waals surface area contributed by atoms with Gasteiger partial charge >= 0.3 is 0 Å². The number of fused-ring (bicyclic) bond motifs is 7. The summed E-state index contributed by atoms with van der Waals surface area (Å²) in [6, 6.07) is 85.5. The minimum absolute atomic E-state index is 0.899. The minimum atomic E-state index is 0.899. The summed E-state index contributed by atoms with van der Waals surface area (Å²) in [5.41, 5.74) is 14.6. The summed E-state index contributed by atoms with van der Waals surface area (Å²) in [5, 5.41) is 9.81. The van der Waals surface area contributed by atoms with Gasteiger partial charge in [0, 0.05) is 27.8 Å². The number of rotatable bonds is 7. The van der Waals surface area contributed by atoms with Crippen LogP contribution in [0.3, 0.4) is 0 Å². The molecule has 2 nitrogen and oxygen atoms in total. The standard InChI is InChI=1S/C60H39NO/c1-3-17-50-42(12-1)14-10-22-51(50)43-28-26-40(27-29-43)41-30-34-47(35-31-41)61(48-36-32-44(33-37-48)53-23-11-25-59-60(53)56-21-7-8-24-58(56)62-59)49-16-9-15-45(38-49)57-39-46-13-2-4-18-52(46)54-19-5-6-20-55(54)57/h1-39H. The van der Waals surface area contributed by atoms with Crippen molar-refractivity contribution in [3.8, 4) is 44.5 Å². The molecule has 11 aromatic carbocycles. The highest BCUT2D eigenvalue weighted by atomic mass is 16.3. The van der Waals surface area contributed by atoms with Crippen molar-refractivity contribution in [1.82, 2.24) is 0 Å². The number of anilines is 3. The van der Waals surface area contributed by atoms with E-state index in [1.165, 1.54) is 65.7 Å². The third-order valence-corrected chi connectivity index (χ3v) is 12.5. The van der Waals surface area contributed by atoms with E-state index in [1.54, 1.807) is 0 Å². The van der Waals surface area contributed by atoms with Gasteiger partial charge in [-0.1, -0.05) is 182 Å². The fourth-order valence-corrected chi connectivity index (χ4v) is 9.48. The highest BCUT2D eigenvalue weighted by molar-refractivity contribution is 6.14. The van der Waals surface area contributed by atoms with E-state index in [-0.39, 0.29) is 0 Å². The molecule has 0 radical (unpaired) electrons. The Kier molecular flexibility index (Phi) is 8.53. The molecule has 62 heavy (non-hydrogen) atoms. The van der Waals surface area contributed by atoms with Crippen molar-refractivity contribution in [1.29, 1.82) is 0 Å². The maximum absolute atomic E-state index is 6.27. The lowest BCUT2D eigenvalue weighted by Crippen LogP contribution is -2.10. The first-order valence-electron chi connectivity index (χ1n) is 21.2. The van der Waals surface area contributed by atoms with Crippen LogP contribution in [0.2, 0.25) is 0 Å². The first kappa shape index (κ1) is 35.7. The molecule has 0 saturated carbocycles. The highest BCUT2D eigenvalue weighted by Gasteiger charge is 2.18. The number of hydrogen-bond acceptors (Lipinski definition) is 2. The second kappa shape index (κ2) is 14.8. The molecule has 0 atom stereocenters. The van der Waals surface area contributed by atoms with Gasteiger partial charge in [0.1, 0.15) is 11.2 Å². The number of furan rings is 1. The third kappa shape index (κ3) is 6.12. The van der Waals surface area contributed by atoms with Crippen LogP contribution in [-0.4, -0.2) is 0 Å². The van der Waals surface area contributed by atoms with E-state index in [2.05, 4.69) is 229 Å². The largest absolute Gasteiger partial charge is 0.456 e. The monoisotopic (exact) mass is 789 g/mol. The predicted octanol–water partition coefficient (Wildman–Crippen LogP) is 17.2. The van der Waals surface area contributed by atoms with E-state index in [0.29, 0.717) is 0 Å². The first-order chi connectivity index (χ1) is 30.7. The Balaban J connectivity index is 0.953. The number of hydrogen-bond donors (Lipinski definition) is 0. The van der Waals surface area contributed by atoms with E-state index < -0.39 is 0 Å². The molecule has 0 saturated heterocycles. The Morgan fingerprint density at radius 3 is 1.55 bits per heavy atom. The van der Waals surface area contributed by atoms with Gasteiger partial charge in [0.05, 0.1) is 0 Å². The fraction of sp³-hybridized carbons (Fsp3) is 0. The zero-order valence-corrected chi connectivity index (χ0v) is 33.9. The Labute approximate surface area is 360 Å². The van der Waals surface area contributed by atoms with E-state index in [9.17, 15) is 0 Å². The van der Waals surface area contributed by atoms with Crippen molar-refractivity contribution in [3.63, 3.8) is 0 Å². The molecule has 0 fully saturated rings. The second-order valence-corrected chi connectivity index (χ2v) is 16.1. The molecule has 12 rings (SSSR count).